The van der Waals surface area contributed by atoms with Gasteiger partial charge in [-0.1, -0.05) is 17.7 Å². The Balaban J connectivity index is 1.54. The van der Waals surface area contributed by atoms with Crippen LogP contribution in [0, 0.1) is 17.6 Å². The molecule has 234 valence electrons. The van der Waals surface area contributed by atoms with Gasteiger partial charge in [0.05, 0.1) is 23.0 Å². The highest BCUT2D eigenvalue weighted by atomic mass is 35.5. The second kappa shape index (κ2) is 14.2. The molecule has 1 aliphatic heterocycles. The van der Waals surface area contributed by atoms with E-state index in [-0.39, 0.29) is 41.7 Å². The Morgan fingerprint density at radius 1 is 1.26 bits per heavy atom. The average molecular weight is 661 g/mol. The van der Waals surface area contributed by atoms with Crippen molar-refractivity contribution in [1.82, 2.24) is 15.0 Å². The molecule has 0 bridgehead atoms. The maximum Gasteiger partial charge on any atom is 0.335 e. The minimum absolute atomic E-state index is 0.00648. The molecule has 0 amide bonds. The average Bonchev–Trinajstić information content (AvgIpc) is 3.49. The molecule has 1 fully saturated rings. The first kappa shape index (κ1) is 32.9. The Bertz CT molecular complexity index is 1510. The van der Waals surface area contributed by atoms with Crippen molar-refractivity contribution in [2.45, 2.75) is 57.2 Å². The van der Waals surface area contributed by atoms with E-state index in [1.165, 1.54) is 31.4 Å². The van der Waals surface area contributed by atoms with E-state index in [4.69, 9.17) is 21.1 Å². The number of carboxylic acid groups (broad SMARTS) is 1. The number of carbonyl (C=O) groups is 2. The molecule has 0 spiro atoms. The van der Waals surface area contributed by atoms with Gasteiger partial charge in [-0.25, -0.2) is 31.7 Å². The fourth-order valence-corrected chi connectivity index (χ4v) is 7.52. The molecule has 1 unspecified atom stereocenters. The predicted molar refractivity (Wildman–Crippen MR) is 155 cm³/mol. The van der Waals surface area contributed by atoms with Crippen LogP contribution in [0.15, 0.2) is 40.0 Å². The summed E-state index contributed by atoms with van der Waals surface area (Å²) in [6, 6.07) is 0.447. The number of carboxylic acids is 1. The van der Waals surface area contributed by atoms with E-state index in [0.29, 0.717) is 36.4 Å². The maximum atomic E-state index is 14.4. The van der Waals surface area contributed by atoms with Crippen LogP contribution in [0.2, 0.25) is 5.02 Å². The zero-order chi connectivity index (χ0) is 31.3. The van der Waals surface area contributed by atoms with Crippen molar-refractivity contribution >= 4 is 50.7 Å². The van der Waals surface area contributed by atoms with Crippen LogP contribution in [-0.4, -0.2) is 67.9 Å². The number of aromatic nitrogens is 1. The van der Waals surface area contributed by atoms with E-state index in [1.54, 1.807) is 11.6 Å². The Morgan fingerprint density at radius 2 is 1.98 bits per heavy atom. The number of allylic oxidation sites excluding steroid dienone is 1. The fraction of sp³-hybridized carbons (Fsp3) is 0.481. The number of nitrogens with one attached hydrogen (secondary N) is 2. The van der Waals surface area contributed by atoms with Gasteiger partial charge in [0, 0.05) is 49.3 Å². The van der Waals surface area contributed by atoms with Crippen LogP contribution in [-0.2, 0) is 29.1 Å². The number of sulfonamides is 1. The van der Waals surface area contributed by atoms with Crippen LogP contribution in [0.3, 0.4) is 0 Å². The third-order valence-corrected chi connectivity index (χ3v) is 9.80. The summed E-state index contributed by atoms with van der Waals surface area (Å²) in [4.78, 5) is 32.7. The number of carbonyl (C=O) groups excluding carboxylic acids is 1. The van der Waals surface area contributed by atoms with E-state index in [0.717, 1.165) is 6.07 Å². The van der Waals surface area contributed by atoms with Gasteiger partial charge >= 0.3 is 11.9 Å². The molecule has 1 aromatic heterocycles. The van der Waals surface area contributed by atoms with Crippen molar-refractivity contribution in [3.05, 3.63) is 62.2 Å². The summed E-state index contributed by atoms with van der Waals surface area (Å²) in [5.74, 6) is -4.65. The van der Waals surface area contributed by atoms with Gasteiger partial charge in [-0.05, 0) is 37.7 Å². The van der Waals surface area contributed by atoms with Gasteiger partial charge in [-0.2, -0.15) is 0 Å². The number of nitrogens with zero attached hydrogens (tertiary/aromatic N) is 2. The molecule has 0 saturated heterocycles. The van der Waals surface area contributed by atoms with Crippen LogP contribution in [0.4, 0.5) is 8.78 Å². The lowest BCUT2D eigenvalue weighted by molar-refractivity contribution is -0.149. The zero-order valence-electron chi connectivity index (χ0n) is 23.3. The van der Waals surface area contributed by atoms with Gasteiger partial charge in [-0.15, -0.1) is 11.3 Å². The van der Waals surface area contributed by atoms with Crippen LogP contribution < -0.4 is 10.0 Å². The van der Waals surface area contributed by atoms with Gasteiger partial charge in [0.15, 0.2) is 22.5 Å². The Hall–Kier alpha value is -2.98. The molecule has 1 aliphatic carbocycles. The standard InChI is InChI=1S/C27H31ClF2N4O7S2/c1-14(35)41-17(13-40-2)9-12-43(38,39)34-16-5-3-15(4-6-16)23-20(27(36)37)24(18-7-8-19(29)22(30)21(18)28)33-25(32-23)26-31-10-11-42-26/h7-8,10-11,15-17,24,34H,3-6,9,12-13H2,1-2H3,(H,32,33)(H,36,37)/t15?,16?,17-,24?/m1/s1. The smallest absolute Gasteiger partial charge is 0.335 e. The van der Waals surface area contributed by atoms with E-state index in [1.807, 2.05) is 0 Å². The van der Waals surface area contributed by atoms with Gasteiger partial charge in [0.25, 0.3) is 0 Å². The van der Waals surface area contributed by atoms with Gasteiger partial charge in [0.2, 0.25) is 10.0 Å². The Morgan fingerprint density at radius 3 is 2.58 bits per heavy atom. The Kier molecular flexibility index (Phi) is 10.9. The summed E-state index contributed by atoms with van der Waals surface area (Å²) >= 11 is 7.41. The molecule has 3 N–H and O–H groups in total. The third kappa shape index (κ3) is 8.15. The number of aliphatic carboxylic acids is 1. The highest BCUT2D eigenvalue weighted by Gasteiger charge is 2.38. The molecule has 43 heavy (non-hydrogen) atoms. The number of benzene rings is 1. The van der Waals surface area contributed by atoms with Crippen molar-refractivity contribution < 1.29 is 41.4 Å². The topological polar surface area (TPSA) is 156 Å². The summed E-state index contributed by atoms with van der Waals surface area (Å²) in [7, 11) is -2.29. The second-order valence-corrected chi connectivity index (χ2v) is 13.3. The molecule has 2 heterocycles. The molecular weight excluding hydrogens is 630 g/mol. The lowest BCUT2D eigenvalue weighted by Gasteiger charge is -2.35. The van der Waals surface area contributed by atoms with Gasteiger partial charge < -0.3 is 19.9 Å². The van der Waals surface area contributed by atoms with Crippen LogP contribution in [0.25, 0.3) is 0 Å². The first-order valence-corrected chi connectivity index (χ1v) is 16.3. The van der Waals surface area contributed by atoms with Crippen molar-refractivity contribution in [2.75, 3.05) is 19.5 Å². The molecule has 2 aliphatic rings. The minimum atomic E-state index is -3.72. The lowest BCUT2D eigenvalue weighted by atomic mass is 9.80. The summed E-state index contributed by atoms with van der Waals surface area (Å²) in [5.41, 5.74) is 0.170. The lowest BCUT2D eigenvalue weighted by Crippen LogP contribution is -2.42. The summed E-state index contributed by atoms with van der Waals surface area (Å²) < 4.78 is 66.7. The highest BCUT2D eigenvalue weighted by Crippen LogP contribution is 2.41. The number of methoxy groups -OCH3 is 1. The van der Waals surface area contributed by atoms with Crippen LogP contribution in [0.1, 0.15) is 55.6 Å². The Labute approximate surface area is 256 Å². The molecule has 0 radical (unpaired) electrons. The zero-order valence-corrected chi connectivity index (χ0v) is 25.7. The molecule has 2 atom stereocenters. The highest BCUT2D eigenvalue weighted by molar-refractivity contribution is 7.89. The molecule has 1 aromatic carbocycles. The fourth-order valence-electron chi connectivity index (χ4n) is 5.24. The molecule has 11 nitrogen and oxygen atoms in total. The van der Waals surface area contributed by atoms with Gasteiger partial charge in [-0.3, -0.25) is 9.79 Å². The van der Waals surface area contributed by atoms with Crippen molar-refractivity contribution in [2.24, 2.45) is 10.9 Å². The number of rotatable bonds is 12. The first-order valence-electron chi connectivity index (χ1n) is 13.4. The van der Waals surface area contributed by atoms with Crippen molar-refractivity contribution in [1.29, 1.82) is 0 Å². The van der Waals surface area contributed by atoms with E-state index in [9.17, 15) is 31.9 Å². The number of halogens is 3. The summed E-state index contributed by atoms with van der Waals surface area (Å²) in [5, 5.41) is 15.0. The second-order valence-electron chi connectivity index (χ2n) is 10.2. The van der Waals surface area contributed by atoms with E-state index < -0.39 is 56.8 Å². The molecule has 2 aromatic rings. The van der Waals surface area contributed by atoms with Crippen molar-refractivity contribution in [3.8, 4) is 0 Å². The number of aliphatic imine (C=N–C) groups is 1. The molecule has 4 rings (SSSR count). The number of hydrogen-bond acceptors (Lipinski definition) is 10. The molecule has 16 heteroatoms. The van der Waals surface area contributed by atoms with E-state index in [2.05, 4.69) is 20.0 Å². The number of esters is 1. The number of thiazole rings is 1. The largest absolute Gasteiger partial charge is 0.478 e. The maximum absolute atomic E-state index is 14.4. The monoisotopic (exact) mass is 660 g/mol. The normalized spacial score (nSPS) is 21.6. The number of amidine groups is 1. The molecule has 1 saturated carbocycles. The van der Waals surface area contributed by atoms with Crippen LogP contribution >= 0.6 is 22.9 Å². The van der Waals surface area contributed by atoms with Gasteiger partial charge in [0.1, 0.15) is 12.1 Å². The third-order valence-electron chi connectivity index (χ3n) is 7.18. The first-order chi connectivity index (χ1) is 20.4. The predicted octanol–water partition coefficient (Wildman–Crippen LogP) is 3.95. The van der Waals surface area contributed by atoms with Crippen molar-refractivity contribution in [3.63, 3.8) is 0 Å². The number of ether oxygens (including phenoxy) is 2. The quantitative estimate of drug-likeness (QED) is 0.227. The minimum Gasteiger partial charge on any atom is -0.478 e. The SMILES string of the molecule is COC[C@@H](CCS(=O)(=O)NC1CCC(C2=C(C(=O)O)C(c3ccc(F)c(F)c3Cl)N=C(c3nccs3)N2)CC1)OC(C)=O. The summed E-state index contributed by atoms with van der Waals surface area (Å²) in [6.07, 6.45) is 2.59. The van der Waals surface area contributed by atoms with E-state index >= 15 is 0 Å². The summed E-state index contributed by atoms with van der Waals surface area (Å²) in [6.45, 7) is 1.30. The van der Waals surface area contributed by atoms with Crippen LogP contribution in [0.5, 0.6) is 0 Å². The number of hydrogen-bond donors (Lipinski definition) is 3. The molecular formula is C27H31ClF2N4O7S2.